The van der Waals surface area contributed by atoms with Gasteiger partial charge in [-0.1, -0.05) is 45.9 Å². The van der Waals surface area contributed by atoms with E-state index in [4.69, 9.17) is 0 Å². The highest BCUT2D eigenvalue weighted by Gasteiger charge is 2.10. The molecule has 0 amide bonds. The number of pyridine rings is 1. The Hall–Kier alpha value is -1.37. The Morgan fingerprint density at radius 3 is 2.56 bits per heavy atom. The van der Waals surface area contributed by atoms with Gasteiger partial charge in [-0.15, -0.1) is 0 Å². The molecule has 0 unspecified atom stereocenters. The summed E-state index contributed by atoms with van der Waals surface area (Å²) in [6.45, 7) is 10.5. The van der Waals surface area contributed by atoms with E-state index < -0.39 is 0 Å². The second kappa shape index (κ2) is 5.11. The van der Waals surface area contributed by atoms with E-state index in [9.17, 15) is 0 Å². The minimum Gasteiger partial charge on any atom is -0.257 e. The monoisotopic (exact) mass is 215 g/mol. The SMILES string of the molecule is CC.Cc1ccnc2c1=CC=CC(C)(C)C=2. The van der Waals surface area contributed by atoms with E-state index >= 15 is 0 Å². The molecule has 1 nitrogen and oxygen atoms in total. The predicted octanol–water partition coefficient (Wildman–Crippen LogP) is 2.57. The molecule has 0 saturated heterocycles. The van der Waals surface area contributed by atoms with Gasteiger partial charge in [0.25, 0.3) is 0 Å². The van der Waals surface area contributed by atoms with Gasteiger partial charge in [-0.3, -0.25) is 4.98 Å². The molecule has 0 N–H and O–H groups in total. The van der Waals surface area contributed by atoms with E-state index in [1.54, 1.807) is 0 Å². The maximum atomic E-state index is 4.41. The van der Waals surface area contributed by atoms with Crippen molar-refractivity contribution in [2.24, 2.45) is 5.41 Å². The lowest BCUT2D eigenvalue weighted by Gasteiger charge is -2.12. The minimum absolute atomic E-state index is 0.0997. The summed E-state index contributed by atoms with van der Waals surface area (Å²) < 4.78 is 0. The summed E-state index contributed by atoms with van der Waals surface area (Å²) in [4.78, 5) is 4.41. The first-order valence-corrected chi connectivity index (χ1v) is 5.93. The van der Waals surface area contributed by atoms with Crippen LogP contribution in [0.5, 0.6) is 0 Å². The summed E-state index contributed by atoms with van der Waals surface area (Å²) in [7, 11) is 0. The zero-order valence-electron chi connectivity index (χ0n) is 10.9. The molecule has 1 aliphatic carbocycles. The molecule has 0 fully saturated rings. The summed E-state index contributed by atoms with van der Waals surface area (Å²) >= 11 is 0. The van der Waals surface area contributed by atoms with Crippen LogP contribution in [0.2, 0.25) is 0 Å². The van der Waals surface area contributed by atoms with Crippen molar-refractivity contribution in [1.29, 1.82) is 0 Å². The lowest BCUT2D eigenvalue weighted by molar-refractivity contribution is 0.669. The van der Waals surface area contributed by atoms with Gasteiger partial charge in [-0.2, -0.15) is 0 Å². The summed E-state index contributed by atoms with van der Waals surface area (Å²) in [5.74, 6) is 0. The third-order valence-electron chi connectivity index (χ3n) is 2.54. The molecule has 0 radical (unpaired) electrons. The Morgan fingerprint density at radius 1 is 1.19 bits per heavy atom. The van der Waals surface area contributed by atoms with Crippen LogP contribution in [0.15, 0.2) is 24.4 Å². The molecule has 1 aliphatic rings. The number of aryl methyl sites for hydroxylation is 1. The van der Waals surface area contributed by atoms with Crippen molar-refractivity contribution in [2.45, 2.75) is 34.6 Å². The largest absolute Gasteiger partial charge is 0.257 e. The van der Waals surface area contributed by atoms with Crippen molar-refractivity contribution in [3.8, 4) is 0 Å². The molecule has 0 spiro atoms. The van der Waals surface area contributed by atoms with Crippen LogP contribution < -0.4 is 10.6 Å². The van der Waals surface area contributed by atoms with E-state index in [1.807, 2.05) is 20.0 Å². The van der Waals surface area contributed by atoms with E-state index in [2.05, 4.69) is 56.1 Å². The second-order valence-corrected chi connectivity index (χ2v) is 4.42. The second-order valence-electron chi connectivity index (χ2n) is 4.42. The molecule has 1 aromatic heterocycles. The Bertz CT molecular complexity index is 493. The highest BCUT2D eigenvalue weighted by atomic mass is 14.6. The molecule has 0 atom stereocenters. The van der Waals surface area contributed by atoms with Crippen LogP contribution in [0.3, 0.4) is 0 Å². The number of aromatic nitrogens is 1. The number of allylic oxidation sites excluding steroid dienone is 2. The van der Waals surface area contributed by atoms with Crippen molar-refractivity contribution in [1.82, 2.24) is 4.98 Å². The first kappa shape index (κ1) is 12.7. The van der Waals surface area contributed by atoms with Crippen molar-refractivity contribution < 1.29 is 0 Å². The molecule has 2 rings (SSSR count). The molecular weight excluding hydrogens is 194 g/mol. The molecular formula is C15H21N. The Balaban J connectivity index is 0.000000606. The molecule has 0 aliphatic heterocycles. The van der Waals surface area contributed by atoms with Crippen LogP contribution in [-0.2, 0) is 0 Å². The van der Waals surface area contributed by atoms with Gasteiger partial charge < -0.3 is 0 Å². The summed E-state index contributed by atoms with van der Waals surface area (Å²) in [5, 5.41) is 2.34. The molecule has 1 aromatic rings. The van der Waals surface area contributed by atoms with Gasteiger partial charge in [-0.25, -0.2) is 0 Å². The summed E-state index contributed by atoms with van der Waals surface area (Å²) in [6.07, 6.45) is 10.6. The zero-order valence-corrected chi connectivity index (χ0v) is 10.9. The molecule has 16 heavy (non-hydrogen) atoms. The lowest BCUT2D eigenvalue weighted by atomic mass is 9.93. The van der Waals surface area contributed by atoms with Crippen molar-refractivity contribution >= 4 is 12.2 Å². The lowest BCUT2D eigenvalue weighted by Crippen LogP contribution is -2.31. The Labute approximate surface area is 98.2 Å². The quantitative estimate of drug-likeness (QED) is 0.648. The smallest absolute Gasteiger partial charge is 0.0673 e. The molecule has 1 heteroatoms. The topological polar surface area (TPSA) is 12.9 Å². The first-order valence-electron chi connectivity index (χ1n) is 5.93. The first-order chi connectivity index (χ1) is 7.58. The summed E-state index contributed by atoms with van der Waals surface area (Å²) in [6, 6.07) is 2.05. The number of fused-ring (bicyclic) bond motifs is 1. The average molecular weight is 215 g/mol. The number of hydrogen-bond acceptors (Lipinski definition) is 1. The number of nitrogens with zero attached hydrogens (tertiary/aromatic N) is 1. The van der Waals surface area contributed by atoms with Gasteiger partial charge in [0.15, 0.2) is 0 Å². The average Bonchev–Trinajstić information content (AvgIpc) is 2.39. The molecule has 1 heterocycles. The van der Waals surface area contributed by atoms with Crippen LogP contribution in [0, 0.1) is 12.3 Å². The van der Waals surface area contributed by atoms with Crippen molar-refractivity contribution in [3.63, 3.8) is 0 Å². The van der Waals surface area contributed by atoms with Crippen molar-refractivity contribution in [2.75, 3.05) is 0 Å². The predicted molar refractivity (Wildman–Crippen MR) is 71.4 cm³/mol. The highest BCUT2D eigenvalue weighted by Crippen LogP contribution is 2.19. The molecule has 0 bridgehead atoms. The third-order valence-corrected chi connectivity index (χ3v) is 2.54. The van der Waals surface area contributed by atoms with Crippen LogP contribution in [-0.4, -0.2) is 4.98 Å². The van der Waals surface area contributed by atoms with Gasteiger partial charge in [0.05, 0.1) is 5.35 Å². The van der Waals surface area contributed by atoms with E-state index in [0.717, 1.165) is 5.35 Å². The van der Waals surface area contributed by atoms with Crippen LogP contribution in [0.4, 0.5) is 0 Å². The molecule has 0 saturated carbocycles. The maximum absolute atomic E-state index is 4.41. The van der Waals surface area contributed by atoms with E-state index in [1.165, 1.54) is 10.8 Å². The van der Waals surface area contributed by atoms with Gasteiger partial charge in [0.2, 0.25) is 0 Å². The van der Waals surface area contributed by atoms with Gasteiger partial charge in [0.1, 0.15) is 0 Å². The molecule has 86 valence electrons. The van der Waals surface area contributed by atoms with Crippen LogP contribution in [0.1, 0.15) is 33.3 Å². The van der Waals surface area contributed by atoms with Crippen molar-refractivity contribution in [3.05, 3.63) is 40.5 Å². The van der Waals surface area contributed by atoms with Gasteiger partial charge in [-0.05, 0) is 24.6 Å². The van der Waals surface area contributed by atoms with Gasteiger partial charge >= 0.3 is 0 Å². The Kier molecular flexibility index (Phi) is 4.05. The fraction of sp³-hybridized carbons (Fsp3) is 0.400. The van der Waals surface area contributed by atoms with Gasteiger partial charge in [0, 0.05) is 16.8 Å². The minimum atomic E-state index is 0.0997. The highest BCUT2D eigenvalue weighted by molar-refractivity contribution is 5.48. The normalized spacial score (nSPS) is 15.8. The maximum Gasteiger partial charge on any atom is 0.0673 e. The fourth-order valence-corrected chi connectivity index (χ4v) is 1.72. The van der Waals surface area contributed by atoms with Crippen LogP contribution in [0.25, 0.3) is 12.2 Å². The number of hydrogen-bond donors (Lipinski definition) is 0. The van der Waals surface area contributed by atoms with E-state index in [-0.39, 0.29) is 5.41 Å². The summed E-state index contributed by atoms with van der Waals surface area (Å²) in [5.41, 5.74) is 1.39. The Morgan fingerprint density at radius 2 is 1.88 bits per heavy atom. The third kappa shape index (κ3) is 2.82. The standard InChI is InChI=1S/C13H15N.C2H6/c1-10-6-8-14-12-9-13(2,3)7-4-5-11(10)12;1-2/h4-9H,1-3H3;1-2H3. The number of rotatable bonds is 0. The zero-order chi connectivity index (χ0) is 12.2. The van der Waals surface area contributed by atoms with E-state index in [0.29, 0.717) is 0 Å². The fourth-order valence-electron chi connectivity index (χ4n) is 1.72. The van der Waals surface area contributed by atoms with Crippen LogP contribution >= 0.6 is 0 Å². The molecule has 0 aromatic carbocycles.